The maximum Gasteiger partial charge on any atom is 0.0301 e. The van der Waals surface area contributed by atoms with Gasteiger partial charge in [-0.25, -0.2) is 0 Å². The molecule has 1 aliphatic carbocycles. The summed E-state index contributed by atoms with van der Waals surface area (Å²) in [6, 6.07) is 0. The highest BCUT2D eigenvalue weighted by Gasteiger charge is 2.42. The lowest BCUT2D eigenvalue weighted by atomic mass is 10.0. The molecule has 0 amide bonds. The zero-order valence-corrected chi connectivity index (χ0v) is 5.85. The van der Waals surface area contributed by atoms with Crippen LogP contribution in [0.15, 0.2) is 11.9 Å². The lowest BCUT2D eigenvalue weighted by Crippen LogP contribution is -2.13. The van der Waals surface area contributed by atoms with Crippen molar-refractivity contribution in [2.45, 2.75) is 26.2 Å². The minimum Gasteiger partial charge on any atom is -0.403 e. The SMILES string of the molecule is CCC1(/C(N)=C/N)CC1. The number of nitrogens with two attached hydrogens (primary N) is 2. The van der Waals surface area contributed by atoms with Gasteiger partial charge in [-0.2, -0.15) is 0 Å². The standard InChI is InChI=1S/C7H14N2/c1-2-7(3-4-7)6(9)5-8/h5H,2-4,8-9H2,1H3/b6-5-. The fourth-order valence-corrected chi connectivity index (χ4v) is 1.17. The first-order chi connectivity index (χ1) is 4.25. The first kappa shape index (κ1) is 6.46. The minimum atomic E-state index is 0.314. The molecule has 2 nitrogen and oxygen atoms in total. The van der Waals surface area contributed by atoms with Crippen LogP contribution in [0, 0.1) is 5.41 Å². The molecule has 0 heterocycles. The summed E-state index contributed by atoms with van der Waals surface area (Å²) in [7, 11) is 0. The summed E-state index contributed by atoms with van der Waals surface area (Å²) in [5, 5.41) is 0. The Bertz CT molecular complexity index is 134. The quantitative estimate of drug-likeness (QED) is 0.578. The molecule has 0 saturated heterocycles. The molecule has 0 radical (unpaired) electrons. The molecule has 1 saturated carbocycles. The molecule has 2 heteroatoms. The van der Waals surface area contributed by atoms with E-state index in [1.165, 1.54) is 19.0 Å². The molecule has 52 valence electrons. The topological polar surface area (TPSA) is 52.0 Å². The van der Waals surface area contributed by atoms with E-state index in [9.17, 15) is 0 Å². The van der Waals surface area contributed by atoms with Gasteiger partial charge in [-0.1, -0.05) is 6.92 Å². The summed E-state index contributed by atoms with van der Waals surface area (Å²) in [5.74, 6) is 0. The minimum absolute atomic E-state index is 0.314. The van der Waals surface area contributed by atoms with E-state index < -0.39 is 0 Å². The summed E-state index contributed by atoms with van der Waals surface area (Å²) in [6.07, 6.45) is 5.12. The van der Waals surface area contributed by atoms with Gasteiger partial charge in [0.15, 0.2) is 0 Å². The summed E-state index contributed by atoms with van der Waals surface area (Å²) in [4.78, 5) is 0. The zero-order chi connectivity index (χ0) is 6.91. The van der Waals surface area contributed by atoms with Crippen LogP contribution in [0.25, 0.3) is 0 Å². The van der Waals surface area contributed by atoms with Crippen LogP contribution in [0.3, 0.4) is 0 Å². The summed E-state index contributed by atoms with van der Waals surface area (Å²) < 4.78 is 0. The predicted octanol–water partition coefficient (Wildman–Crippen LogP) is 0.935. The van der Waals surface area contributed by atoms with Gasteiger partial charge in [0.1, 0.15) is 0 Å². The number of rotatable bonds is 2. The lowest BCUT2D eigenvalue weighted by molar-refractivity contribution is 0.574. The molecule has 0 aromatic carbocycles. The molecular weight excluding hydrogens is 112 g/mol. The molecule has 1 fully saturated rings. The third-order valence-electron chi connectivity index (χ3n) is 2.32. The maximum atomic E-state index is 5.66. The Morgan fingerprint density at radius 2 is 2.22 bits per heavy atom. The van der Waals surface area contributed by atoms with E-state index in [-0.39, 0.29) is 0 Å². The number of allylic oxidation sites excluding steroid dienone is 1. The number of hydrogen-bond acceptors (Lipinski definition) is 2. The van der Waals surface area contributed by atoms with Crippen molar-refractivity contribution in [3.05, 3.63) is 11.9 Å². The van der Waals surface area contributed by atoms with E-state index in [2.05, 4.69) is 6.92 Å². The molecule has 9 heavy (non-hydrogen) atoms. The Morgan fingerprint density at radius 3 is 2.33 bits per heavy atom. The molecule has 0 spiro atoms. The van der Waals surface area contributed by atoms with Crippen molar-refractivity contribution in [3.63, 3.8) is 0 Å². The van der Waals surface area contributed by atoms with Crippen molar-refractivity contribution in [2.75, 3.05) is 0 Å². The van der Waals surface area contributed by atoms with Crippen LogP contribution < -0.4 is 11.5 Å². The Morgan fingerprint density at radius 1 is 1.67 bits per heavy atom. The van der Waals surface area contributed by atoms with E-state index in [1.54, 1.807) is 0 Å². The lowest BCUT2D eigenvalue weighted by Gasteiger charge is -2.10. The highest BCUT2D eigenvalue weighted by molar-refractivity contribution is 5.17. The van der Waals surface area contributed by atoms with E-state index in [0.717, 1.165) is 12.1 Å². The van der Waals surface area contributed by atoms with Crippen LogP contribution in [0.2, 0.25) is 0 Å². The molecule has 1 aliphatic rings. The van der Waals surface area contributed by atoms with Crippen LogP contribution >= 0.6 is 0 Å². The van der Waals surface area contributed by atoms with Crippen LogP contribution in [0.5, 0.6) is 0 Å². The summed E-state index contributed by atoms with van der Waals surface area (Å²) >= 11 is 0. The van der Waals surface area contributed by atoms with Gasteiger partial charge in [0.05, 0.1) is 0 Å². The molecule has 0 bridgehead atoms. The third-order valence-corrected chi connectivity index (χ3v) is 2.32. The predicted molar refractivity (Wildman–Crippen MR) is 38.4 cm³/mol. The second-order valence-corrected chi connectivity index (χ2v) is 2.76. The van der Waals surface area contributed by atoms with Gasteiger partial charge in [0.2, 0.25) is 0 Å². The van der Waals surface area contributed by atoms with E-state index in [0.29, 0.717) is 5.41 Å². The molecule has 0 aliphatic heterocycles. The average molecular weight is 126 g/mol. The molecule has 1 rings (SSSR count). The second kappa shape index (κ2) is 1.94. The van der Waals surface area contributed by atoms with Gasteiger partial charge in [-0.05, 0) is 19.3 Å². The van der Waals surface area contributed by atoms with Crippen LogP contribution in [-0.4, -0.2) is 0 Å². The first-order valence-corrected chi connectivity index (χ1v) is 3.43. The molecular formula is C7H14N2. The normalized spacial score (nSPS) is 23.9. The van der Waals surface area contributed by atoms with E-state index in [4.69, 9.17) is 11.5 Å². The molecule has 0 atom stereocenters. The summed E-state index contributed by atoms with van der Waals surface area (Å²) in [5.41, 5.74) is 12.1. The largest absolute Gasteiger partial charge is 0.403 e. The van der Waals surface area contributed by atoms with Gasteiger partial charge in [0, 0.05) is 17.3 Å². The van der Waals surface area contributed by atoms with Crippen molar-refractivity contribution < 1.29 is 0 Å². The molecule has 0 aromatic heterocycles. The third kappa shape index (κ3) is 0.889. The monoisotopic (exact) mass is 126 g/mol. The Kier molecular flexibility index (Phi) is 1.39. The van der Waals surface area contributed by atoms with Crippen molar-refractivity contribution in [3.8, 4) is 0 Å². The highest BCUT2D eigenvalue weighted by atomic mass is 14.7. The summed E-state index contributed by atoms with van der Waals surface area (Å²) in [6.45, 7) is 2.16. The molecule has 4 N–H and O–H groups in total. The average Bonchev–Trinajstić information content (AvgIpc) is 2.66. The molecule has 0 unspecified atom stereocenters. The smallest absolute Gasteiger partial charge is 0.0301 e. The van der Waals surface area contributed by atoms with E-state index in [1.807, 2.05) is 0 Å². The van der Waals surface area contributed by atoms with Gasteiger partial charge in [0.25, 0.3) is 0 Å². The fourth-order valence-electron chi connectivity index (χ4n) is 1.17. The molecule has 0 aromatic rings. The van der Waals surface area contributed by atoms with Crippen LogP contribution in [0.4, 0.5) is 0 Å². The first-order valence-electron chi connectivity index (χ1n) is 3.43. The van der Waals surface area contributed by atoms with E-state index >= 15 is 0 Å². The Balaban J connectivity index is 2.60. The Labute approximate surface area is 55.9 Å². The number of hydrogen-bond donors (Lipinski definition) is 2. The van der Waals surface area contributed by atoms with Gasteiger partial charge >= 0.3 is 0 Å². The zero-order valence-electron chi connectivity index (χ0n) is 5.85. The van der Waals surface area contributed by atoms with Gasteiger partial charge in [-0.15, -0.1) is 0 Å². The maximum absolute atomic E-state index is 5.66. The highest BCUT2D eigenvalue weighted by Crippen LogP contribution is 2.52. The Hall–Kier alpha value is -0.660. The second-order valence-electron chi connectivity index (χ2n) is 2.76. The fraction of sp³-hybridized carbons (Fsp3) is 0.714. The van der Waals surface area contributed by atoms with Crippen molar-refractivity contribution >= 4 is 0 Å². The van der Waals surface area contributed by atoms with Crippen molar-refractivity contribution in [2.24, 2.45) is 16.9 Å². The van der Waals surface area contributed by atoms with Crippen LogP contribution in [0.1, 0.15) is 26.2 Å². The van der Waals surface area contributed by atoms with Gasteiger partial charge < -0.3 is 11.5 Å². The van der Waals surface area contributed by atoms with Crippen molar-refractivity contribution in [1.29, 1.82) is 0 Å². The van der Waals surface area contributed by atoms with Crippen LogP contribution in [-0.2, 0) is 0 Å². The van der Waals surface area contributed by atoms with Crippen molar-refractivity contribution in [1.82, 2.24) is 0 Å². The van der Waals surface area contributed by atoms with Gasteiger partial charge in [-0.3, -0.25) is 0 Å².